The maximum Gasteiger partial charge on any atom is 0.338 e. The molecule has 1 aliphatic rings. The summed E-state index contributed by atoms with van der Waals surface area (Å²) >= 11 is 0. The lowest BCUT2D eigenvalue weighted by Crippen LogP contribution is -2.38. The summed E-state index contributed by atoms with van der Waals surface area (Å²) in [5, 5.41) is 14.3. The number of carbonyl (C=O) groups excluding carboxylic acids is 3. The molecule has 1 N–H and O–H groups in total. The van der Waals surface area contributed by atoms with Crippen molar-refractivity contribution in [3.05, 3.63) is 104 Å². The summed E-state index contributed by atoms with van der Waals surface area (Å²) in [6.45, 7) is 2.60. The number of methoxy groups -OCH3 is 1. The van der Waals surface area contributed by atoms with E-state index in [1.807, 2.05) is 12.1 Å². The van der Waals surface area contributed by atoms with E-state index >= 15 is 0 Å². The second-order valence-corrected chi connectivity index (χ2v) is 9.11. The molecule has 3 aromatic carbocycles. The van der Waals surface area contributed by atoms with E-state index in [2.05, 4.69) is 10.1 Å². The predicted molar refractivity (Wildman–Crippen MR) is 138 cm³/mol. The summed E-state index contributed by atoms with van der Waals surface area (Å²) in [5.74, 6) is -2.14. The van der Waals surface area contributed by atoms with Crippen molar-refractivity contribution in [1.29, 1.82) is 0 Å². The Morgan fingerprint density at radius 3 is 2.32 bits per heavy atom. The lowest BCUT2D eigenvalue weighted by molar-refractivity contribution is -0.385. The summed E-state index contributed by atoms with van der Waals surface area (Å²) in [4.78, 5) is 49.7. The second-order valence-electron chi connectivity index (χ2n) is 9.11. The molecule has 0 unspecified atom stereocenters. The zero-order valence-corrected chi connectivity index (χ0v) is 20.9. The minimum atomic E-state index is -0.721. The number of benzene rings is 3. The van der Waals surface area contributed by atoms with Crippen molar-refractivity contribution in [2.24, 2.45) is 0 Å². The highest BCUT2D eigenvalue weighted by atomic mass is 19.1. The molecule has 3 aromatic rings. The zero-order valence-electron chi connectivity index (χ0n) is 20.9. The summed E-state index contributed by atoms with van der Waals surface area (Å²) in [5.41, 5.74) is 1.81. The Bertz CT molecular complexity index is 1400. The van der Waals surface area contributed by atoms with Crippen LogP contribution in [0.3, 0.4) is 0 Å². The second kappa shape index (κ2) is 11.2. The molecule has 0 aromatic heterocycles. The lowest BCUT2D eigenvalue weighted by Gasteiger charge is -2.32. The first-order valence-corrected chi connectivity index (χ1v) is 12.0. The van der Waals surface area contributed by atoms with Gasteiger partial charge in [0.25, 0.3) is 17.5 Å². The van der Waals surface area contributed by atoms with Crippen LogP contribution in [0.4, 0.5) is 15.8 Å². The van der Waals surface area contributed by atoms with Crippen molar-refractivity contribution in [2.75, 3.05) is 25.5 Å². The third kappa shape index (κ3) is 5.69. The first-order chi connectivity index (χ1) is 18.2. The predicted octanol–water partition coefficient (Wildman–Crippen LogP) is 5.10. The van der Waals surface area contributed by atoms with Crippen LogP contribution in [-0.2, 0) is 4.74 Å². The van der Waals surface area contributed by atoms with Gasteiger partial charge in [0.15, 0.2) is 0 Å². The molecule has 0 aliphatic carbocycles. The van der Waals surface area contributed by atoms with E-state index < -0.39 is 34.2 Å². The van der Waals surface area contributed by atoms with Crippen LogP contribution in [0.1, 0.15) is 61.0 Å². The number of nitrogens with zero attached hydrogens (tertiary/aromatic N) is 2. The molecule has 0 atom stereocenters. The number of ether oxygens (including phenoxy) is 1. The molecule has 1 heterocycles. The van der Waals surface area contributed by atoms with E-state index in [0.717, 1.165) is 17.2 Å². The van der Waals surface area contributed by atoms with Crippen LogP contribution < -0.4 is 5.32 Å². The molecular weight excluding hydrogens is 493 g/mol. The number of rotatable bonds is 6. The van der Waals surface area contributed by atoms with Crippen molar-refractivity contribution in [2.45, 2.75) is 25.7 Å². The van der Waals surface area contributed by atoms with Crippen molar-refractivity contribution in [3.63, 3.8) is 0 Å². The Kier molecular flexibility index (Phi) is 7.80. The topological polar surface area (TPSA) is 119 Å². The largest absolute Gasteiger partial charge is 0.465 e. The van der Waals surface area contributed by atoms with Crippen LogP contribution in [0.5, 0.6) is 0 Å². The summed E-state index contributed by atoms with van der Waals surface area (Å²) in [6.07, 6.45) is 1.31. The molecule has 1 saturated heterocycles. The average molecular weight is 520 g/mol. The van der Waals surface area contributed by atoms with Crippen LogP contribution in [-0.4, -0.2) is 47.8 Å². The number of nitro benzene ring substituents is 1. The van der Waals surface area contributed by atoms with Gasteiger partial charge in [-0.1, -0.05) is 23.8 Å². The van der Waals surface area contributed by atoms with Gasteiger partial charge in [0.1, 0.15) is 11.4 Å². The van der Waals surface area contributed by atoms with E-state index in [-0.39, 0.29) is 22.6 Å². The molecule has 38 heavy (non-hydrogen) atoms. The van der Waals surface area contributed by atoms with E-state index in [4.69, 9.17) is 0 Å². The SMILES string of the molecule is COC(=O)c1ccc(C(=O)N2CCC(c3ccc(NC(=O)c4cc(C)ccc4F)cc3)CC2)c([N+](=O)[O-])c1. The van der Waals surface area contributed by atoms with Gasteiger partial charge >= 0.3 is 5.97 Å². The highest BCUT2D eigenvalue weighted by Gasteiger charge is 2.29. The molecule has 9 nitrogen and oxygen atoms in total. The third-order valence-corrected chi connectivity index (χ3v) is 6.63. The fraction of sp³-hybridized carbons (Fsp3) is 0.250. The minimum absolute atomic E-state index is 0.00175. The number of esters is 1. The smallest absolute Gasteiger partial charge is 0.338 e. The number of amides is 2. The molecule has 2 amide bonds. The summed E-state index contributed by atoms with van der Waals surface area (Å²) < 4.78 is 18.6. The van der Waals surface area contributed by atoms with E-state index in [9.17, 15) is 28.9 Å². The average Bonchev–Trinajstić information content (AvgIpc) is 2.93. The molecule has 0 radical (unpaired) electrons. The number of nitro groups is 1. The summed E-state index contributed by atoms with van der Waals surface area (Å²) in [7, 11) is 1.17. The molecule has 1 aliphatic heterocycles. The number of aryl methyl sites for hydroxylation is 1. The Hall–Kier alpha value is -4.60. The lowest BCUT2D eigenvalue weighted by atomic mass is 9.89. The molecule has 0 saturated carbocycles. The third-order valence-electron chi connectivity index (χ3n) is 6.63. The van der Waals surface area contributed by atoms with Gasteiger partial charge in [0, 0.05) is 24.8 Å². The Balaban J connectivity index is 1.39. The van der Waals surface area contributed by atoms with Gasteiger partial charge in [-0.3, -0.25) is 19.7 Å². The standard InChI is InChI=1S/C28H26FN3O6/c1-17-3-10-24(29)23(15-17)26(33)30-21-7-4-18(5-8-21)19-11-13-31(14-12-19)27(34)22-9-6-20(28(35)38-2)16-25(22)32(36)37/h3-10,15-16,19H,11-14H2,1-2H3,(H,30,33). The number of hydrogen-bond donors (Lipinski definition) is 1. The van der Waals surface area contributed by atoms with Crippen LogP contribution in [0.2, 0.25) is 0 Å². The minimum Gasteiger partial charge on any atom is -0.465 e. The van der Waals surface area contributed by atoms with Gasteiger partial charge in [-0.15, -0.1) is 0 Å². The molecule has 4 rings (SSSR count). The quantitative estimate of drug-likeness (QED) is 0.275. The molecule has 196 valence electrons. The van der Waals surface area contributed by atoms with Crippen LogP contribution in [0.25, 0.3) is 0 Å². The monoisotopic (exact) mass is 519 g/mol. The first kappa shape index (κ1) is 26.5. The van der Waals surface area contributed by atoms with E-state index in [0.29, 0.717) is 31.6 Å². The highest BCUT2D eigenvalue weighted by Crippen LogP contribution is 2.31. The number of carbonyl (C=O) groups is 3. The first-order valence-electron chi connectivity index (χ1n) is 12.0. The summed E-state index contributed by atoms with van der Waals surface area (Å²) in [6, 6.07) is 15.3. The van der Waals surface area contributed by atoms with E-state index in [1.54, 1.807) is 30.0 Å². The van der Waals surface area contributed by atoms with Crippen LogP contribution in [0.15, 0.2) is 60.7 Å². The number of halogens is 1. The number of hydrogen-bond acceptors (Lipinski definition) is 6. The van der Waals surface area contributed by atoms with Crippen LogP contribution >= 0.6 is 0 Å². The van der Waals surface area contributed by atoms with Crippen molar-refractivity contribution in [3.8, 4) is 0 Å². The van der Waals surface area contributed by atoms with Crippen molar-refractivity contribution in [1.82, 2.24) is 4.90 Å². The fourth-order valence-corrected chi connectivity index (χ4v) is 4.54. The zero-order chi connectivity index (χ0) is 27.4. The van der Waals surface area contributed by atoms with Gasteiger partial charge in [-0.05, 0) is 67.6 Å². The molecule has 0 spiro atoms. The fourth-order valence-electron chi connectivity index (χ4n) is 4.54. The van der Waals surface area contributed by atoms with E-state index in [1.165, 1.54) is 31.4 Å². The Morgan fingerprint density at radius 2 is 1.68 bits per heavy atom. The number of piperidine rings is 1. The van der Waals surface area contributed by atoms with Gasteiger partial charge in [0.2, 0.25) is 0 Å². The maximum absolute atomic E-state index is 14.0. The number of anilines is 1. The maximum atomic E-state index is 14.0. The Labute approximate surface area is 218 Å². The Morgan fingerprint density at radius 1 is 1.00 bits per heavy atom. The number of likely N-dealkylation sites (tertiary alicyclic amines) is 1. The van der Waals surface area contributed by atoms with Gasteiger partial charge in [0.05, 0.1) is 23.2 Å². The molecular formula is C28H26FN3O6. The molecule has 10 heteroatoms. The van der Waals surface area contributed by atoms with Crippen LogP contribution in [0, 0.1) is 22.9 Å². The molecule has 1 fully saturated rings. The van der Waals surface area contributed by atoms with Crippen molar-refractivity contribution < 1.29 is 28.4 Å². The highest BCUT2D eigenvalue weighted by molar-refractivity contribution is 6.04. The molecule has 0 bridgehead atoms. The van der Waals surface area contributed by atoms with Gasteiger partial charge in [-0.25, -0.2) is 9.18 Å². The normalized spacial score (nSPS) is 13.6. The number of nitrogens with one attached hydrogen (secondary N) is 1. The van der Waals surface area contributed by atoms with Gasteiger partial charge in [-0.2, -0.15) is 0 Å². The van der Waals surface area contributed by atoms with Crippen molar-refractivity contribution >= 4 is 29.2 Å². The van der Waals surface area contributed by atoms with Gasteiger partial charge < -0.3 is 15.0 Å².